The Morgan fingerprint density at radius 2 is 1.25 bits per heavy atom. The minimum absolute atomic E-state index is 0.0364. The van der Waals surface area contributed by atoms with Crippen molar-refractivity contribution in [3.05, 3.63) is 114 Å². The molecule has 0 spiro atoms. The highest BCUT2D eigenvalue weighted by Crippen LogP contribution is 2.39. The molecule has 4 aromatic carbocycles. The first-order valence-electron chi connectivity index (χ1n) is 14.4. The van der Waals surface area contributed by atoms with Gasteiger partial charge in [-0.05, 0) is 54.4 Å². The van der Waals surface area contributed by atoms with Gasteiger partial charge in [0.05, 0.1) is 5.56 Å². The number of primary amides is 2. The summed E-state index contributed by atoms with van der Waals surface area (Å²) in [5.41, 5.74) is 10.9. The minimum atomic E-state index is -4.93. The molecule has 18 heteroatoms. The van der Waals surface area contributed by atoms with E-state index in [4.69, 9.17) is 11.5 Å². The highest BCUT2D eigenvalue weighted by molar-refractivity contribution is 5.90. The Hall–Kier alpha value is -6.59. The van der Waals surface area contributed by atoms with Gasteiger partial charge < -0.3 is 16.2 Å². The van der Waals surface area contributed by atoms with Crippen molar-refractivity contribution in [2.24, 2.45) is 11.5 Å². The number of H-pyrrole nitrogens is 2. The molecule has 0 bridgehead atoms. The van der Waals surface area contributed by atoms with Crippen LogP contribution in [0.15, 0.2) is 84.9 Å². The smallest absolute Gasteiger partial charge is 0.405 e. The lowest BCUT2D eigenvalue weighted by Crippen LogP contribution is -2.17. The van der Waals surface area contributed by atoms with Gasteiger partial charge in [0.2, 0.25) is 11.6 Å². The molecule has 51 heavy (non-hydrogen) atoms. The van der Waals surface area contributed by atoms with Gasteiger partial charge in [-0.25, -0.2) is 14.4 Å². The third-order valence-corrected chi connectivity index (χ3v) is 6.98. The second kappa shape index (κ2) is 14.1. The van der Waals surface area contributed by atoms with E-state index >= 15 is 0 Å². The zero-order valence-corrected chi connectivity index (χ0v) is 25.9. The van der Waals surface area contributed by atoms with Crippen molar-refractivity contribution in [2.45, 2.75) is 19.5 Å². The van der Waals surface area contributed by atoms with Crippen LogP contribution in [0.1, 0.15) is 32.4 Å². The Bertz CT molecular complexity index is 2230. The molecule has 6 aromatic rings. The summed E-state index contributed by atoms with van der Waals surface area (Å²) in [5, 5.41) is 12.4. The van der Waals surface area contributed by atoms with E-state index in [1.807, 2.05) is 0 Å². The van der Waals surface area contributed by atoms with Crippen LogP contribution in [0.5, 0.6) is 5.75 Å². The average Bonchev–Trinajstić information content (AvgIpc) is 3.76. The number of hydrogen-bond acceptors (Lipinski definition) is 7. The first-order valence-corrected chi connectivity index (χ1v) is 14.4. The largest absolute Gasteiger partial charge is 0.573 e. The molecular formula is C33H23F7N8O3. The summed E-state index contributed by atoms with van der Waals surface area (Å²) in [6.45, 7) is 1.61. The van der Waals surface area contributed by atoms with Gasteiger partial charge in [-0.1, -0.05) is 54.1 Å². The predicted molar refractivity (Wildman–Crippen MR) is 168 cm³/mol. The lowest BCUT2D eigenvalue weighted by molar-refractivity contribution is -0.274. The van der Waals surface area contributed by atoms with Crippen molar-refractivity contribution in [3.8, 4) is 50.8 Å². The van der Waals surface area contributed by atoms with E-state index in [1.54, 1.807) is 31.2 Å². The number of hydrogen-bond donors (Lipinski definition) is 4. The summed E-state index contributed by atoms with van der Waals surface area (Å²) in [6.07, 6.45) is -9.40. The fraction of sp³-hybridized carbons (Fsp3) is 0.0909. The second-order valence-corrected chi connectivity index (χ2v) is 10.6. The molecule has 2 heterocycles. The molecule has 11 nitrogen and oxygen atoms in total. The van der Waals surface area contributed by atoms with Gasteiger partial charge in [0.25, 0.3) is 11.8 Å². The van der Waals surface area contributed by atoms with Crippen molar-refractivity contribution < 1.29 is 45.1 Å². The topological polar surface area (TPSA) is 179 Å². The van der Waals surface area contributed by atoms with Crippen molar-refractivity contribution in [2.75, 3.05) is 0 Å². The SMILES string of the molecule is Cc1ccc(-c2cccc(-c3n[nH]c(C(N)=O)n3)c2)c(C(F)(F)F)c1.NC(=O)c1nc(-c2ccc(F)c(-c3ccccc3OC(F)(F)F)c2)n[nH]1. The number of rotatable bonds is 7. The average molecular weight is 713 g/mol. The Labute approximate surface area is 282 Å². The van der Waals surface area contributed by atoms with E-state index in [0.717, 1.165) is 18.2 Å². The lowest BCUT2D eigenvalue weighted by Gasteiger charge is -2.14. The first kappa shape index (κ1) is 35.7. The van der Waals surface area contributed by atoms with Crippen molar-refractivity contribution >= 4 is 11.8 Å². The summed E-state index contributed by atoms with van der Waals surface area (Å²) in [6, 6.07) is 19.3. The number of carbonyl (C=O) groups excluding carboxylic acids is 2. The molecule has 2 aromatic heterocycles. The highest BCUT2D eigenvalue weighted by Gasteiger charge is 2.34. The van der Waals surface area contributed by atoms with Crippen LogP contribution in [0, 0.1) is 12.7 Å². The quantitative estimate of drug-likeness (QED) is 0.131. The standard InChI is InChI=1S/C17H13F3N4O.C16H10F4N4O2/c1-9-5-6-12(13(7-9)17(18,19)20)10-3-2-4-11(8-10)15-22-16(14(21)25)24-23-15;17-11-6-5-8(14-22-15(13(21)25)24-23-14)7-10(11)9-3-1-2-4-12(9)26-16(18,19)20/h2-8H,1H3,(H2,21,25)(H,22,23,24);1-7H,(H2,21,25)(H,22,23,24). The number of nitrogens with two attached hydrogens (primary N) is 2. The molecule has 0 fully saturated rings. The number of aromatic amines is 2. The monoisotopic (exact) mass is 712 g/mol. The van der Waals surface area contributed by atoms with E-state index in [2.05, 4.69) is 35.1 Å². The molecule has 0 saturated heterocycles. The molecule has 6 N–H and O–H groups in total. The third kappa shape index (κ3) is 8.53. The van der Waals surface area contributed by atoms with Crippen LogP contribution < -0.4 is 16.2 Å². The van der Waals surface area contributed by atoms with Gasteiger partial charge in [-0.15, -0.1) is 13.2 Å². The van der Waals surface area contributed by atoms with Crippen LogP contribution >= 0.6 is 0 Å². The summed E-state index contributed by atoms with van der Waals surface area (Å²) >= 11 is 0. The van der Waals surface area contributed by atoms with Crippen LogP contribution in [0.4, 0.5) is 30.7 Å². The van der Waals surface area contributed by atoms with Crippen LogP contribution in [-0.2, 0) is 6.18 Å². The maximum absolute atomic E-state index is 14.3. The maximum Gasteiger partial charge on any atom is 0.573 e. The van der Waals surface area contributed by atoms with Crippen molar-refractivity contribution in [1.29, 1.82) is 0 Å². The van der Waals surface area contributed by atoms with E-state index < -0.39 is 41.5 Å². The van der Waals surface area contributed by atoms with Crippen molar-refractivity contribution in [3.63, 3.8) is 0 Å². The summed E-state index contributed by atoms with van der Waals surface area (Å²) in [7, 11) is 0. The number of nitrogens with zero attached hydrogens (tertiary/aromatic N) is 4. The Morgan fingerprint density at radius 3 is 1.82 bits per heavy atom. The van der Waals surface area contributed by atoms with Gasteiger partial charge in [-0.3, -0.25) is 19.8 Å². The lowest BCUT2D eigenvalue weighted by atomic mass is 9.96. The molecular weight excluding hydrogens is 689 g/mol. The van der Waals surface area contributed by atoms with E-state index in [0.29, 0.717) is 16.7 Å². The van der Waals surface area contributed by atoms with Gasteiger partial charge >= 0.3 is 12.5 Å². The molecule has 0 aliphatic carbocycles. The number of para-hydroxylation sites is 1. The maximum atomic E-state index is 14.3. The molecule has 2 amide bonds. The van der Waals surface area contributed by atoms with Gasteiger partial charge in [0, 0.05) is 22.3 Å². The van der Waals surface area contributed by atoms with E-state index in [-0.39, 0.29) is 45.6 Å². The number of halogens is 7. The Morgan fingerprint density at radius 1 is 0.667 bits per heavy atom. The first-order chi connectivity index (χ1) is 24.0. The molecule has 0 atom stereocenters. The molecule has 0 saturated carbocycles. The number of benzene rings is 4. The molecule has 262 valence electrons. The fourth-order valence-corrected chi connectivity index (χ4v) is 4.75. The van der Waals surface area contributed by atoms with Crippen LogP contribution in [-0.4, -0.2) is 48.5 Å². The molecule has 0 aliphatic rings. The highest BCUT2D eigenvalue weighted by atomic mass is 19.4. The van der Waals surface area contributed by atoms with Crippen LogP contribution in [0.2, 0.25) is 0 Å². The molecule has 0 aliphatic heterocycles. The number of carbonyl (C=O) groups is 2. The number of aromatic nitrogens is 6. The van der Waals surface area contributed by atoms with Crippen LogP contribution in [0.3, 0.4) is 0 Å². The number of alkyl halides is 6. The Kier molecular flexibility index (Phi) is 9.87. The third-order valence-electron chi connectivity index (χ3n) is 6.98. The van der Waals surface area contributed by atoms with Crippen molar-refractivity contribution in [1.82, 2.24) is 30.4 Å². The molecule has 6 rings (SSSR count). The summed E-state index contributed by atoms with van der Waals surface area (Å²) in [5.74, 6) is -3.03. The summed E-state index contributed by atoms with van der Waals surface area (Å²) < 4.78 is 96.0. The van der Waals surface area contributed by atoms with Gasteiger partial charge in [0.15, 0.2) is 11.6 Å². The van der Waals surface area contributed by atoms with Gasteiger partial charge in [0.1, 0.15) is 11.6 Å². The number of ether oxygens (including phenoxy) is 1. The van der Waals surface area contributed by atoms with E-state index in [9.17, 15) is 40.3 Å². The summed E-state index contributed by atoms with van der Waals surface area (Å²) in [4.78, 5) is 29.9. The molecule has 0 unspecified atom stereocenters. The fourth-order valence-electron chi connectivity index (χ4n) is 4.75. The number of aryl methyl sites for hydroxylation is 1. The number of nitrogens with one attached hydrogen (secondary N) is 2. The Balaban J connectivity index is 0.000000198. The minimum Gasteiger partial charge on any atom is -0.405 e. The predicted octanol–water partition coefficient (Wildman–Crippen LogP) is 6.84. The van der Waals surface area contributed by atoms with Crippen LogP contribution in [0.25, 0.3) is 45.0 Å². The van der Waals surface area contributed by atoms with Gasteiger partial charge in [-0.2, -0.15) is 23.4 Å². The zero-order chi connectivity index (χ0) is 37.1. The zero-order valence-electron chi connectivity index (χ0n) is 25.9. The normalized spacial score (nSPS) is 11.5. The molecule has 0 radical (unpaired) electrons. The second-order valence-electron chi connectivity index (χ2n) is 10.6. The van der Waals surface area contributed by atoms with E-state index in [1.165, 1.54) is 42.5 Å². The number of amides is 2.